The van der Waals surface area contributed by atoms with E-state index in [2.05, 4.69) is 32.5 Å². The van der Waals surface area contributed by atoms with Crippen LogP contribution in [0.2, 0.25) is 0 Å². The molecule has 3 rings (SSSR count). The number of aromatic nitrogens is 3. The van der Waals surface area contributed by atoms with Gasteiger partial charge in [0.2, 0.25) is 0 Å². The number of piperazine rings is 1. The zero-order chi connectivity index (χ0) is 19.8. The van der Waals surface area contributed by atoms with Gasteiger partial charge in [0.15, 0.2) is 0 Å². The molecule has 0 spiro atoms. The number of fused-ring (bicyclic) bond motifs is 1. The Hall–Kier alpha value is -2.72. The molecule has 1 aromatic carbocycles. The minimum atomic E-state index is -0.530. The van der Waals surface area contributed by atoms with Gasteiger partial charge in [-0.25, -0.2) is 9.59 Å². The smallest absolute Gasteiger partial charge is 0.407 e. The van der Waals surface area contributed by atoms with Crippen LogP contribution in [0.3, 0.4) is 0 Å². The molecule has 1 aliphatic heterocycles. The number of para-hydroxylation sites is 1. The number of carbonyl (C=O) groups is 2. The second kappa shape index (κ2) is 10.00. The van der Waals surface area contributed by atoms with Gasteiger partial charge in [0, 0.05) is 39.3 Å². The Bertz CT molecular complexity index is 787. The van der Waals surface area contributed by atoms with Gasteiger partial charge in [-0.1, -0.05) is 17.0 Å². The molecule has 0 atom stereocenters. The van der Waals surface area contributed by atoms with E-state index in [0.29, 0.717) is 17.6 Å². The molecule has 10 heteroatoms. The molecular weight excluding hydrogens is 364 g/mol. The highest BCUT2D eigenvalue weighted by atomic mass is 16.7. The number of nitrogens with one attached hydrogen (secondary N) is 1. The Morgan fingerprint density at radius 1 is 1.18 bits per heavy atom. The average Bonchev–Trinajstić information content (AvgIpc) is 3.09. The Morgan fingerprint density at radius 2 is 1.96 bits per heavy atom. The molecule has 2 heterocycles. The van der Waals surface area contributed by atoms with Crippen molar-refractivity contribution in [2.75, 3.05) is 52.9 Å². The van der Waals surface area contributed by atoms with Gasteiger partial charge in [0.1, 0.15) is 11.0 Å². The van der Waals surface area contributed by atoms with E-state index in [-0.39, 0.29) is 13.0 Å². The fourth-order valence-corrected chi connectivity index (χ4v) is 2.90. The lowest BCUT2D eigenvalue weighted by molar-refractivity contribution is -0.145. The Balaban J connectivity index is 1.26. The van der Waals surface area contributed by atoms with Crippen molar-refractivity contribution in [3.05, 3.63) is 24.3 Å². The van der Waals surface area contributed by atoms with E-state index < -0.39 is 12.1 Å². The maximum Gasteiger partial charge on any atom is 0.407 e. The molecule has 0 aliphatic carbocycles. The largest absolute Gasteiger partial charge is 0.450 e. The third-order valence-corrected chi connectivity index (χ3v) is 4.56. The number of likely N-dealkylation sites (N-methyl/N-ethyl adjacent to an activating group) is 1. The quantitative estimate of drug-likeness (QED) is 0.502. The summed E-state index contributed by atoms with van der Waals surface area (Å²) in [6.07, 6.45) is 0.265. The van der Waals surface area contributed by atoms with Crippen LogP contribution in [0.1, 0.15) is 12.8 Å². The van der Waals surface area contributed by atoms with Crippen molar-refractivity contribution in [3.8, 4) is 0 Å². The monoisotopic (exact) mass is 390 g/mol. The van der Waals surface area contributed by atoms with Crippen LogP contribution >= 0.6 is 0 Å². The van der Waals surface area contributed by atoms with Crippen molar-refractivity contribution >= 4 is 23.1 Å². The van der Waals surface area contributed by atoms with Crippen LogP contribution in [-0.4, -0.2) is 89.9 Å². The van der Waals surface area contributed by atoms with Crippen molar-refractivity contribution in [2.45, 2.75) is 12.8 Å². The molecule has 1 aliphatic rings. The Kier molecular flexibility index (Phi) is 7.15. The second-order valence-corrected chi connectivity index (χ2v) is 6.73. The summed E-state index contributed by atoms with van der Waals surface area (Å²) in [6, 6.07) is 7.15. The van der Waals surface area contributed by atoms with Gasteiger partial charge in [-0.15, -0.1) is 5.10 Å². The van der Waals surface area contributed by atoms with Crippen LogP contribution in [0.5, 0.6) is 0 Å². The molecule has 1 saturated heterocycles. The van der Waals surface area contributed by atoms with E-state index in [4.69, 9.17) is 9.57 Å². The van der Waals surface area contributed by atoms with E-state index in [1.54, 1.807) is 18.2 Å². The lowest BCUT2D eigenvalue weighted by atomic mass is 10.3. The summed E-state index contributed by atoms with van der Waals surface area (Å²) in [5.41, 5.74) is 1.23. The van der Waals surface area contributed by atoms with E-state index in [0.717, 1.165) is 44.0 Å². The SMILES string of the molecule is CN1CCN(CCCOC(=O)NCCC(=O)On2nnc3ccccc32)CC1. The van der Waals surface area contributed by atoms with Crippen LogP contribution in [0, 0.1) is 0 Å². The van der Waals surface area contributed by atoms with Crippen molar-refractivity contribution in [2.24, 2.45) is 0 Å². The fourth-order valence-electron chi connectivity index (χ4n) is 2.90. The molecule has 10 nitrogen and oxygen atoms in total. The third kappa shape index (κ3) is 5.89. The van der Waals surface area contributed by atoms with Crippen LogP contribution in [0.25, 0.3) is 11.0 Å². The second-order valence-electron chi connectivity index (χ2n) is 6.73. The minimum Gasteiger partial charge on any atom is -0.450 e. The number of alkyl carbamates (subject to hydrolysis) is 1. The van der Waals surface area contributed by atoms with Gasteiger partial charge in [0.05, 0.1) is 13.0 Å². The zero-order valence-electron chi connectivity index (χ0n) is 16.0. The number of ether oxygens (including phenoxy) is 1. The van der Waals surface area contributed by atoms with Crippen molar-refractivity contribution in [1.29, 1.82) is 0 Å². The molecule has 0 bridgehead atoms. The summed E-state index contributed by atoms with van der Waals surface area (Å²) in [4.78, 5) is 34.4. The maximum absolute atomic E-state index is 11.9. The summed E-state index contributed by atoms with van der Waals surface area (Å²) in [6.45, 7) is 5.64. The van der Waals surface area contributed by atoms with Gasteiger partial charge in [-0.3, -0.25) is 0 Å². The predicted octanol–water partition coefficient (Wildman–Crippen LogP) is 0.140. The first-order valence-corrected chi connectivity index (χ1v) is 9.45. The van der Waals surface area contributed by atoms with Crippen molar-refractivity contribution in [3.63, 3.8) is 0 Å². The number of carbonyl (C=O) groups excluding carboxylic acids is 2. The first kappa shape index (κ1) is 20.0. The van der Waals surface area contributed by atoms with Crippen LogP contribution in [0.15, 0.2) is 24.3 Å². The van der Waals surface area contributed by atoms with Gasteiger partial charge in [-0.05, 0) is 30.8 Å². The first-order chi connectivity index (χ1) is 13.6. The highest BCUT2D eigenvalue weighted by molar-refractivity contribution is 5.76. The number of hydrogen-bond donors (Lipinski definition) is 1. The van der Waals surface area contributed by atoms with Crippen LogP contribution in [0.4, 0.5) is 4.79 Å². The number of rotatable bonds is 8. The number of amides is 1. The van der Waals surface area contributed by atoms with E-state index >= 15 is 0 Å². The van der Waals surface area contributed by atoms with E-state index in [1.807, 2.05) is 6.07 Å². The van der Waals surface area contributed by atoms with Gasteiger partial charge < -0.3 is 24.7 Å². The molecule has 1 aromatic heterocycles. The van der Waals surface area contributed by atoms with Gasteiger partial charge >= 0.3 is 12.1 Å². The molecule has 1 amide bonds. The molecule has 28 heavy (non-hydrogen) atoms. The highest BCUT2D eigenvalue weighted by Crippen LogP contribution is 2.08. The fraction of sp³-hybridized carbons (Fsp3) is 0.556. The minimum absolute atomic E-state index is 0.00455. The third-order valence-electron chi connectivity index (χ3n) is 4.56. The maximum atomic E-state index is 11.9. The molecule has 0 radical (unpaired) electrons. The van der Waals surface area contributed by atoms with Crippen molar-refractivity contribution in [1.82, 2.24) is 30.3 Å². The summed E-state index contributed by atoms with van der Waals surface area (Å²) >= 11 is 0. The van der Waals surface area contributed by atoms with Crippen molar-refractivity contribution < 1.29 is 19.2 Å². The summed E-state index contributed by atoms with van der Waals surface area (Å²) in [7, 11) is 2.12. The molecule has 152 valence electrons. The Morgan fingerprint density at radius 3 is 2.79 bits per heavy atom. The average molecular weight is 390 g/mol. The normalized spacial score (nSPS) is 15.5. The molecule has 1 fully saturated rings. The van der Waals surface area contributed by atoms with E-state index in [1.165, 1.54) is 0 Å². The molecule has 1 N–H and O–H groups in total. The summed E-state index contributed by atoms with van der Waals surface area (Å²) < 4.78 is 5.13. The molecule has 0 saturated carbocycles. The van der Waals surface area contributed by atoms with Gasteiger partial charge in [0.25, 0.3) is 0 Å². The summed E-state index contributed by atoms with van der Waals surface area (Å²) in [5, 5.41) is 10.2. The number of nitrogens with zero attached hydrogens (tertiary/aromatic N) is 5. The zero-order valence-corrected chi connectivity index (χ0v) is 16.0. The van der Waals surface area contributed by atoms with Gasteiger partial charge in [-0.2, -0.15) is 0 Å². The first-order valence-electron chi connectivity index (χ1n) is 9.45. The van der Waals surface area contributed by atoms with E-state index in [9.17, 15) is 9.59 Å². The van der Waals surface area contributed by atoms with Crippen LogP contribution < -0.4 is 10.2 Å². The summed E-state index contributed by atoms with van der Waals surface area (Å²) in [5.74, 6) is -0.522. The topological polar surface area (TPSA) is 102 Å². The number of hydrogen-bond acceptors (Lipinski definition) is 8. The standard InChI is InChI=1S/C18H26N6O4/c1-22-10-12-23(13-11-22)9-4-14-27-18(26)19-8-7-17(25)28-24-16-6-3-2-5-15(16)20-21-24/h2-3,5-6H,4,7-14H2,1H3,(H,19,26). The lowest BCUT2D eigenvalue weighted by Crippen LogP contribution is -2.44. The molecule has 2 aromatic rings. The number of benzene rings is 1. The highest BCUT2D eigenvalue weighted by Gasteiger charge is 2.14. The Labute approximate surface area is 163 Å². The molecular formula is C18H26N6O4. The lowest BCUT2D eigenvalue weighted by Gasteiger charge is -2.32. The predicted molar refractivity (Wildman–Crippen MR) is 102 cm³/mol. The van der Waals surface area contributed by atoms with Crippen LogP contribution in [-0.2, 0) is 9.53 Å². The molecule has 0 unspecified atom stereocenters.